The summed E-state index contributed by atoms with van der Waals surface area (Å²) < 4.78 is 31.3. The van der Waals surface area contributed by atoms with Gasteiger partial charge in [0.1, 0.15) is 5.58 Å². The number of fused-ring (bicyclic) bond motifs is 1. The number of nitrogens with one attached hydrogen (secondary N) is 2. The predicted molar refractivity (Wildman–Crippen MR) is 74.8 cm³/mol. The Hall–Kier alpha value is -2.02. The van der Waals surface area contributed by atoms with Crippen LogP contribution in [0.5, 0.6) is 0 Å². The summed E-state index contributed by atoms with van der Waals surface area (Å²) in [6.07, 6.45) is 1.47. The number of carbonyl (C=O) groups is 1. The van der Waals surface area contributed by atoms with Gasteiger partial charge in [-0.25, -0.2) is 17.9 Å². The van der Waals surface area contributed by atoms with Gasteiger partial charge in [0.15, 0.2) is 0 Å². The van der Waals surface area contributed by atoms with E-state index in [4.69, 9.17) is 4.42 Å². The summed E-state index contributed by atoms with van der Waals surface area (Å²) in [7, 11) is -3.92. The summed E-state index contributed by atoms with van der Waals surface area (Å²) in [5.74, 6) is 0. The second kappa shape index (κ2) is 4.82. The summed E-state index contributed by atoms with van der Waals surface area (Å²) in [6.45, 7) is 5.27. The molecule has 2 aromatic rings. The number of rotatable bonds is 2. The molecule has 1 aromatic carbocycles. The van der Waals surface area contributed by atoms with Crippen molar-refractivity contribution in [3.05, 3.63) is 30.5 Å². The van der Waals surface area contributed by atoms with Gasteiger partial charge in [-0.2, -0.15) is 0 Å². The van der Waals surface area contributed by atoms with Crippen LogP contribution in [0.4, 0.5) is 4.79 Å². The van der Waals surface area contributed by atoms with E-state index in [2.05, 4.69) is 5.32 Å². The van der Waals surface area contributed by atoms with Crippen molar-refractivity contribution in [2.75, 3.05) is 0 Å². The summed E-state index contributed by atoms with van der Waals surface area (Å²) in [4.78, 5) is 11.6. The molecule has 6 nitrogen and oxygen atoms in total. The van der Waals surface area contributed by atoms with Crippen molar-refractivity contribution in [3.8, 4) is 0 Å². The highest BCUT2D eigenvalue weighted by Crippen LogP contribution is 2.19. The molecule has 0 atom stereocenters. The van der Waals surface area contributed by atoms with E-state index in [0.29, 0.717) is 5.58 Å². The van der Waals surface area contributed by atoms with Crippen molar-refractivity contribution >= 4 is 27.0 Å². The maximum atomic E-state index is 12.1. The Morgan fingerprint density at radius 1 is 1.20 bits per heavy atom. The molecule has 0 aliphatic heterocycles. The predicted octanol–water partition coefficient (Wildman–Crippen LogP) is 2.22. The lowest BCUT2D eigenvalue weighted by atomic mass is 10.1. The van der Waals surface area contributed by atoms with Gasteiger partial charge in [-0.15, -0.1) is 0 Å². The fourth-order valence-electron chi connectivity index (χ4n) is 1.65. The van der Waals surface area contributed by atoms with E-state index < -0.39 is 21.6 Å². The van der Waals surface area contributed by atoms with Gasteiger partial charge in [-0.3, -0.25) is 0 Å². The van der Waals surface area contributed by atoms with Crippen LogP contribution in [0, 0.1) is 0 Å². The molecule has 0 saturated carbocycles. The molecule has 0 radical (unpaired) electrons. The first-order chi connectivity index (χ1) is 9.17. The lowest BCUT2D eigenvalue weighted by Crippen LogP contribution is -2.48. The molecular formula is C13H16N2O4S. The smallest absolute Gasteiger partial charge is 0.329 e. The Kier molecular flexibility index (Phi) is 3.47. The fraction of sp³-hybridized carbons (Fsp3) is 0.308. The Labute approximate surface area is 117 Å². The molecule has 0 saturated heterocycles. The Bertz CT molecular complexity index is 741. The van der Waals surface area contributed by atoms with Crippen molar-refractivity contribution in [1.29, 1.82) is 0 Å². The first kappa shape index (κ1) is 14.4. The summed E-state index contributed by atoms with van der Waals surface area (Å²) in [6, 6.07) is 5.38. The zero-order chi connectivity index (χ0) is 15.0. The molecule has 20 heavy (non-hydrogen) atoms. The number of sulfonamides is 1. The molecule has 2 amide bonds. The van der Waals surface area contributed by atoms with Gasteiger partial charge in [0.25, 0.3) is 10.0 Å². The fourth-order valence-corrected chi connectivity index (χ4v) is 2.57. The molecule has 2 N–H and O–H groups in total. The molecule has 2 rings (SSSR count). The summed E-state index contributed by atoms with van der Waals surface area (Å²) >= 11 is 0. The highest BCUT2D eigenvalue weighted by Gasteiger charge is 2.21. The van der Waals surface area contributed by atoms with Gasteiger partial charge in [-0.05, 0) is 39.0 Å². The maximum Gasteiger partial charge on any atom is 0.329 e. The number of hydrogen-bond donors (Lipinski definition) is 2. The molecule has 1 heterocycles. The van der Waals surface area contributed by atoms with Gasteiger partial charge in [0.2, 0.25) is 0 Å². The lowest BCUT2D eigenvalue weighted by Gasteiger charge is -2.20. The van der Waals surface area contributed by atoms with Gasteiger partial charge in [0.05, 0.1) is 11.2 Å². The minimum Gasteiger partial charge on any atom is -0.464 e. The molecule has 0 bridgehead atoms. The third-order valence-electron chi connectivity index (χ3n) is 2.45. The number of benzene rings is 1. The van der Waals surface area contributed by atoms with Crippen LogP contribution in [-0.2, 0) is 10.0 Å². The second-order valence-corrected chi connectivity index (χ2v) is 7.11. The third kappa shape index (κ3) is 3.30. The lowest BCUT2D eigenvalue weighted by molar-refractivity contribution is 0.237. The van der Waals surface area contributed by atoms with E-state index in [1.165, 1.54) is 18.4 Å². The van der Waals surface area contributed by atoms with Crippen LogP contribution in [0.3, 0.4) is 0 Å². The van der Waals surface area contributed by atoms with Crippen molar-refractivity contribution in [2.24, 2.45) is 0 Å². The largest absolute Gasteiger partial charge is 0.464 e. The SMILES string of the molecule is CC(C)(C)NC(=O)NS(=O)(=O)c1ccc2ccoc2c1. The van der Waals surface area contributed by atoms with Crippen molar-refractivity contribution < 1.29 is 17.6 Å². The highest BCUT2D eigenvalue weighted by molar-refractivity contribution is 7.90. The quantitative estimate of drug-likeness (QED) is 0.889. The van der Waals surface area contributed by atoms with Crippen LogP contribution in [0.25, 0.3) is 11.0 Å². The van der Waals surface area contributed by atoms with Gasteiger partial charge in [-0.1, -0.05) is 0 Å². The monoisotopic (exact) mass is 296 g/mol. The van der Waals surface area contributed by atoms with Crippen molar-refractivity contribution in [1.82, 2.24) is 10.0 Å². The minimum atomic E-state index is -3.92. The van der Waals surface area contributed by atoms with Crippen LogP contribution in [-0.4, -0.2) is 20.0 Å². The molecule has 7 heteroatoms. The van der Waals surface area contributed by atoms with Gasteiger partial charge < -0.3 is 9.73 Å². The first-order valence-corrected chi connectivity index (χ1v) is 7.48. The topological polar surface area (TPSA) is 88.4 Å². The number of carbonyl (C=O) groups excluding carboxylic acids is 1. The minimum absolute atomic E-state index is 0.0241. The van der Waals surface area contributed by atoms with Crippen LogP contribution in [0.1, 0.15) is 20.8 Å². The maximum absolute atomic E-state index is 12.1. The average molecular weight is 296 g/mol. The van der Waals surface area contributed by atoms with Gasteiger partial charge >= 0.3 is 6.03 Å². The van der Waals surface area contributed by atoms with Crippen LogP contribution in [0.15, 0.2) is 39.8 Å². The standard InChI is InChI=1S/C13H16N2O4S/c1-13(2,3)14-12(16)15-20(17,18)10-5-4-9-6-7-19-11(9)8-10/h4-8H,1-3H3,(H2,14,15,16). The Balaban J connectivity index is 2.23. The summed E-state index contributed by atoms with van der Waals surface area (Å²) in [5, 5.41) is 3.32. The molecule has 0 spiro atoms. The van der Waals surface area contributed by atoms with E-state index in [0.717, 1.165) is 5.39 Å². The molecule has 0 fully saturated rings. The van der Waals surface area contributed by atoms with Crippen LogP contribution in [0.2, 0.25) is 0 Å². The molecule has 0 aliphatic carbocycles. The van der Waals surface area contributed by atoms with E-state index in [9.17, 15) is 13.2 Å². The third-order valence-corrected chi connectivity index (χ3v) is 3.78. The van der Waals surface area contributed by atoms with E-state index in [1.807, 2.05) is 4.72 Å². The molecule has 1 aromatic heterocycles. The number of amides is 2. The van der Waals surface area contributed by atoms with E-state index in [-0.39, 0.29) is 4.90 Å². The molecule has 0 aliphatic rings. The van der Waals surface area contributed by atoms with Gasteiger partial charge in [0, 0.05) is 17.0 Å². The van der Waals surface area contributed by atoms with Crippen molar-refractivity contribution in [3.63, 3.8) is 0 Å². The number of furan rings is 1. The molecule has 108 valence electrons. The average Bonchev–Trinajstić information content (AvgIpc) is 2.71. The van der Waals surface area contributed by atoms with Crippen molar-refractivity contribution in [2.45, 2.75) is 31.2 Å². The Morgan fingerprint density at radius 2 is 1.90 bits per heavy atom. The van der Waals surface area contributed by atoms with Crippen LogP contribution >= 0.6 is 0 Å². The first-order valence-electron chi connectivity index (χ1n) is 6.00. The highest BCUT2D eigenvalue weighted by atomic mass is 32.2. The van der Waals surface area contributed by atoms with Crippen LogP contribution < -0.4 is 10.0 Å². The zero-order valence-corrected chi connectivity index (χ0v) is 12.2. The number of urea groups is 1. The zero-order valence-electron chi connectivity index (χ0n) is 11.4. The number of hydrogen-bond acceptors (Lipinski definition) is 4. The normalized spacial score (nSPS) is 12.3. The Morgan fingerprint density at radius 3 is 2.55 bits per heavy atom. The second-order valence-electron chi connectivity index (χ2n) is 5.43. The van der Waals surface area contributed by atoms with E-state index in [1.54, 1.807) is 32.9 Å². The van der Waals surface area contributed by atoms with E-state index >= 15 is 0 Å². The molecule has 0 unspecified atom stereocenters. The molecular weight excluding hydrogens is 280 g/mol. The summed E-state index contributed by atoms with van der Waals surface area (Å²) in [5.41, 5.74) is -0.0750.